The van der Waals surface area contributed by atoms with Gasteiger partial charge in [-0.25, -0.2) is 4.79 Å². The number of rotatable bonds is 12. The zero-order chi connectivity index (χ0) is 28.3. The Morgan fingerprint density at radius 1 is 1.13 bits per heavy atom. The van der Waals surface area contributed by atoms with Gasteiger partial charge in [0, 0.05) is 6.04 Å². The van der Waals surface area contributed by atoms with Crippen LogP contribution in [0.15, 0.2) is 30.3 Å². The van der Waals surface area contributed by atoms with Gasteiger partial charge in [-0.3, -0.25) is 14.9 Å². The van der Waals surface area contributed by atoms with Crippen molar-refractivity contribution in [2.45, 2.75) is 82.1 Å². The highest BCUT2D eigenvalue weighted by molar-refractivity contribution is 5.88. The molecule has 1 aliphatic carbocycles. The molecule has 11 heteroatoms. The number of amides is 1. The summed E-state index contributed by atoms with van der Waals surface area (Å²) in [6.07, 6.45) is 4.54. The molecular weight excluding hydrogens is 494 g/mol. The number of nitrogens with two attached hydrogens (primary N) is 1. The fraction of sp³-hybridized carbons (Fsp3) is 0.667. The van der Waals surface area contributed by atoms with E-state index in [1.165, 1.54) is 0 Å². The first-order chi connectivity index (χ1) is 18.1. The van der Waals surface area contributed by atoms with Gasteiger partial charge in [0.25, 0.3) is 0 Å². The van der Waals surface area contributed by atoms with Crippen LogP contribution in [0.25, 0.3) is 0 Å². The Hall–Kier alpha value is -2.57. The van der Waals surface area contributed by atoms with E-state index < -0.39 is 49.5 Å². The van der Waals surface area contributed by atoms with Crippen molar-refractivity contribution in [1.82, 2.24) is 10.2 Å². The summed E-state index contributed by atoms with van der Waals surface area (Å²) in [7, 11) is 0. The highest BCUT2D eigenvalue weighted by Gasteiger charge is 2.49. The van der Waals surface area contributed by atoms with E-state index in [1.807, 2.05) is 30.3 Å². The van der Waals surface area contributed by atoms with Crippen molar-refractivity contribution in [3.05, 3.63) is 35.9 Å². The molecule has 0 aromatic heterocycles. The number of nitrogens with one attached hydrogen (secondary N) is 1. The molecule has 2 aliphatic rings. The molecule has 3 rings (SSSR count). The predicted octanol–water partition coefficient (Wildman–Crippen LogP) is 0.0440. The lowest BCUT2D eigenvalue weighted by atomic mass is 10.0. The summed E-state index contributed by atoms with van der Waals surface area (Å²) in [5.74, 6) is -1.31. The molecule has 1 amide bonds. The van der Waals surface area contributed by atoms with Gasteiger partial charge >= 0.3 is 11.9 Å². The van der Waals surface area contributed by atoms with Gasteiger partial charge in [-0.15, -0.1) is 0 Å². The topological polar surface area (TPSA) is 183 Å². The number of carbonyl (C=O) groups is 3. The molecule has 5 atom stereocenters. The Labute approximate surface area is 224 Å². The van der Waals surface area contributed by atoms with Crippen LogP contribution in [0.1, 0.15) is 51.5 Å². The summed E-state index contributed by atoms with van der Waals surface area (Å²) in [6.45, 7) is 2.52. The molecular formula is C27H43N3O8. The lowest BCUT2D eigenvalue weighted by Crippen LogP contribution is -2.55. The molecule has 0 spiro atoms. The van der Waals surface area contributed by atoms with Gasteiger partial charge < -0.3 is 35.8 Å². The molecule has 1 aromatic rings. The maximum absolute atomic E-state index is 13.2. The van der Waals surface area contributed by atoms with Crippen LogP contribution in [0.5, 0.6) is 0 Å². The molecule has 1 heterocycles. The second-order valence-electron chi connectivity index (χ2n) is 10.1. The third-order valence-corrected chi connectivity index (χ3v) is 7.28. The second-order valence-corrected chi connectivity index (χ2v) is 10.1. The SMILES string of the molecule is CCOC(=O)[C@H](CCc1ccccc1)N[C@@H](C)C(=O)N1[C@H](C(=O)O)C[C@@H]2CCC[C@@H]21.NC(CO)(CO)CO. The first-order valence-corrected chi connectivity index (χ1v) is 13.2. The minimum atomic E-state index is -1.21. The molecule has 11 nitrogen and oxygen atoms in total. The highest BCUT2D eigenvalue weighted by Crippen LogP contribution is 2.41. The number of fused-ring (bicyclic) bond motifs is 1. The lowest BCUT2D eigenvalue weighted by molar-refractivity contribution is -0.151. The number of aryl methyl sites for hydroxylation is 1. The summed E-state index contributed by atoms with van der Waals surface area (Å²) < 4.78 is 5.21. The Kier molecular flexibility index (Phi) is 12.6. The number of aliphatic hydroxyl groups is 3. The number of carbonyl (C=O) groups excluding carboxylic acids is 2. The van der Waals surface area contributed by atoms with E-state index in [2.05, 4.69) is 5.32 Å². The van der Waals surface area contributed by atoms with Crippen LogP contribution >= 0.6 is 0 Å². The summed E-state index contributed by atoms with van der Waals surface area (Å²) >= 11 is 0. The molecule has 1 saturated carbocycles. The Bertz CT molecular complexity index is 887. The standard InChI is InChI=1S/C23H32N2O5.C4H11NO3/c1-3-30-23(29)18(13-12-16-8-5-4-6-9-16)24-15(2)21(26)25-19-11-7-10-17(19)14-20(25)22(27)28;5-4(1-6,2-7)3-8/h4-6,8-9,15,17-20,24H,3,7,10-14H2,1-2H3,(H,27,28);6-8H,1-3,5H2/t15-,17-,18-,19-,20-;/m0./s1. The molecule has 0 unspecified atom stereocenters. The van der Waals surface area contributed by atoms with Gasteiger partial charge in [0.05, 0.1) is 38.0 Å². The van der Waals surface area contributed by atoms with Crippen LogP contribution in [-0.4, -0.2) is 99.3 Å². The number of esters is 1. The molecule has 214 valence electrons. The first kappa shape index (κ1) is 31.6. The van der Waals surface area contributed by atoms with Crippen LogP contribution in [-0.2, 0) is 25.5 Å². The van der Waals surface area contributed by atoms with Crippen molar-refractivity contribution >= 4 is 17.8 Å². The molecule has 1 aliphatic heterocycles. The molecule has 1 aromatic carbocycles. The summed E-state index contributed by atoms with van der Waals surface area (Å²) in [5, 5.41) is 37.8. The van der Waals surface area contributed by atoms with E-state index >= 15 is 0 Å². The van der Waals surface area contributed by atoms with Crippen LogP contribution in [0.4, 0.5) is 0 Å². The number of carboxylic acids is 1. The fourth-order valence-corrected chi connectivity index (χ4v) is 5.04. The van der Waals surface area contributed by atoms with Crippen LogP contribution in [0.2, 0.25) is 0 Å². The van der Waals surface area contributed by atoms with Gasteiger partial charge in [-0.05, 0) is 57.4 Å². The number of ether oxygens (including phenoxy) is 1. The minimum Gasteiger partial charge on any atom is -0.480 e. The van der Waals surface area contributed by atoms with Crippen LogP contribution in [0.3, 0.4) is 0 Å². The van der Waals surface area contributed by atoms with E-state index in [4.69, 9.17) is 25.8 Å². The van der Waals surface area contributed by atoms with Crippen molar-refractivity contribution in [2.75, 3.05) is 26.4 Å². The zero-order valence-electron chi connectivity index (χ0n) is 22.3. The smallest absolute Gasteiger partial charge is 0.326 e. The van der Waals surface area contributed by atoms with Crippen molar-refractivity contribution in [3.63, 3.8) is 0 Å². The normalized spacial score (nSPS) is 22.2. The molecule has 1 saturated heterocycles. The molecule has 2 fully saturated rings. The third kappa shape index (κ3) is 8.47. The Morgan fingerprint density at radius 2 is 1.76 bits per heavy atom. The minimum absolute atomic E-state index is 0.00629. The van der Waals surface area contributed by atoms with E-state index in [0.29, 0.717) is 19.3 Å². The number of hydrogen-bond acceptors (Lipinski definition) is 9. The lowest BCUT2D eigenvalue weighted by Gasteiger charge is -2.31. The average Bonchev–Trinajstić information content (AvgIpc) is 3.53. The van der Waals surface area contributed by atoms with Gasteiger partial charge in [0.1, 0.15) is 12.1 Å². The number of aliphatic carboxylic acids is 1. The molecule has 0 bridgehead atoms. The van der Waals surface area contributed by atoms with E-state index in [9.17, 15) is 19.5 Å². The van der Waals surface area contributed by atoms with Gasteiger partial charge in [0.2, 0.25) is 5.91 Å². The second kappa shape index (κ2) is 15.1. The molecule has 7 N–H and O–H groups in total. The summed E-state index contributed by atoms with van der Waals surface area (Å²) in [6, 6.07) is 7.76. The molecule has 38 heavy (non-hydrogen) atoms. The van der Waals surface area contributed by atoms with E-state index in [1.54, 1.807) is 18.7 Å². The number of carboxylic acid groups (broad SMARTS) is 1. The fourth-order valence-electron chi connectivity index (χ4n) is 5.04. The van der Waals surface area contributed by atoms with Crippen LogP contribution in [0, 0.1) is 5.92 Å². The van der Waals surface area contributed by atoms with Gasteiger partial charge in [-0.1, -0.05) is 36.8 Å². The maximum Gasteiger partial charge on any atom is 0.326 e. The van der Waals surface area contributed by atoms with Crippen LogP contribution < -0.4 is 11.1 Å². The van der Waals surface area contributed by atoms with Crippen molar-refractivity contribution in [2.24, 2.45) is 11.7 Å². The third-order valence-electron chi connectivity index (χ3n) is 7.28. The average molecular weight is 538 g/mol. The van der Waals surface area contributed by atoms with Gasteiger partial charge in [0.15, 0.2) is 0 Å². The Morgan fingerprint density at radius 3 is 2.29 bits per heavy atom. The summed E-state index contributed by atoms with van der Waals surface area (Å²) in [5.41, 5.74) is 5.04. The first-order valence-electron chi connectivity index (χ1n) is 13.2. The number of hydrogen-bond donors (Lipinski definition) is 6. The highest BCUT2D eigenvalue weighted by atomic mass is 16.5. The van der Waals surface area contributed by atoms with Crippen molar-refractivity contribution in [3.8, 4) is 0 Å². The number of likely N-dealkylation sites (tertiary alicyclic amines) is 1. The van der Waals surface area contributed by atoms with Crippen molar-refractivity contribution < 1.29 is 39.5 Å². The predicted molar refractivity (Wildman–Crippen MR) is 140 cm³/mol. The van der Waals surface area contributed by atoms with E-state index in [0.717, 1.165) is 24.8 Å². The largest absolute Gasteiger partial charge is 0.480 e. The number of aliphatic hydroxyl groups excluding tert-OH is 3. The van der Waals surface area contributed by atoms with Crippen molar-refractivity contribution in [1.29, 1.82) is 0 Å². The molecule has 0 radical (unpaired) electrons. The number of nitrogens with zero attached hydrogens (tertiary/aromatic N) is 1. The zero-order valence-corrected chi connectivity index (χ0v) is 22.3. The van der Waals surface area contributed by atoms with Gasteiger partial charge in [-0.2, -0.15) is 0 Å². The van der Waals surface area contributed by atoms with E-state index in [-0.39, 0.29) is 30.4 Å². The number of benzene rings is 1. The summed E-state index contributed by atoms with van der Waals surface area (Å²) in [4.78, 5) is 39.1. The quantitative estimate of drug-likeness (QED) is 0.199. The Balaban J connectivity index is 0.000000550. The monoisotopic (exact) mass is 537 g/mol. The maximum atomic E-state index is 13.2.